The van der Waals surface area contributed by atoms with Gasteiger partial charge in [0, 0.05) is 0 Å². The average molecular weight is 156 g/mol. The molecule has 0 aromatic rings. The molecule has 2 saturated heterocycles. The summed E-state index contributed by atoms with van der Waals surface area (Å²) in [6.07, 6.45) is -1.37. The summed E-state index contributed by atoms with van der Waals surface area (Å²) < 4.78 is 20.2. The van der Waals surface area contributed by atoms with Crippen molar-refractivity contribution in [2.45, 2.75) is 6.16 Å². The number of hydrogen-bond donors (Lipinski definition) is 0. The second-order valence-corrected chi connectivity index (χ2v) is 2.36. The zero-order valence-electron chi connectivity index (χ0n) is 5.96. The molecule has 1 spiro atoms. The Balaban J connectivity index is 2.13. The Morgan fingerprint density at radius 3 is 1.73 bits per heavy atom. The lowest BCUT2D eigenvalue weighted by atomic mass is 10.6. The second-order valence-electron chi connectivity index (χ2n) is 2.36. The summed E-state index contributed by atoms with van der Waals surface area (Å²) in [5, 5.41) is 0. The van der Waals surface area contributed by atoms with Gasteiger partial charge in [0.25, 0.3) is 0 Å². The SMILES string of the molecule is C=C1COC2(OCC(=C)O2)O1. The van der Waals surface area contributed by atoms with Crippen LogP contribution in [0.3, 0.4) is 0 Å². The molecule has 2 aliphatic rings. The van der Waals surface area contributed by atoms with Crippen LogP contribution in [0.2, 0.25) is 0 Å². The molecule has 2 heterocycles. The van der Waals surface area contributed by atoms with E-state index in [0.717, 1.165) is 0 Å². The zero-order valence-corrected chi connectivity index (χ0v) is 5.96. The molecule has 2 fully saturated rings. The fourth-order valence-electron chi connectivity index (χ4n) is 0.931. The smallest absolute Gasteiger partial charge is 0.409 e. The van der Waals surface area contributed by atoms with Crippen molar-refractivity contribution in [2.24, 2.45) is 0 Å². The Bertz CT molecular complexity index is 196. The van der Waals surface area contributed by atoms with Gasteiger partial charge in [-0.25, -0.2) is 0 Å². The first-order valence-corrected chi connectivity index (χ1v) is 3.22. The lowest BCUT2D eigenvalue weighted by Crippen LogP contribution is -2.30. The molecule has 2 aliphatic heterocycles. The Morgan fingerprint density at radius 2 is 1.45 bits per heavy atom. The third-order valence-electron chi connectivity index (χ3n) is 1.36. The van der Waals surface area contributed by atoms with Gasteiger partial charge < -0.3 is 9.47 Å². The van der Waals surface area contributed by atoms with E-state index in [-0.39, 0.29) is 0 Å². The van der Waals surface area contributed by atoms with Gasteiger partial charge in [0.15, 0.2) is 0 Å². The molecule has 0 atom stereocenters. The van der Waals surface area contributed by atoms with Crippen molar-refractivity contribution < 1.29 is 18.9 Å². The van der Waals surface area contributed by atoms with E-state index in [2.05, 4.69) is 13.2 Å². The lowest BCUT2D eigenvalue weighted by molar-refractivity contribution is -0.411. The van der Waals surface area contributed by atoms with Gasteiger partial charge in [-0.05, 0) is 0 Å². The molecule has 0 saturated carbocycles. The normalized spacial score (nSPS) is 27.3. The Hall–Kier alpha value is -1.00. The average Bonchev–Trinajstić information content (AvgIpc) is 2.44. The molecule has 4 nitrogen and oxygen atoms in total. The minimum atomic E-state index is -1.37. The molecule has 0 aromatic carbocycles. The highest BCUT2D eigenvalue weighted by Gasteiger charge is 2.49. The third kappa shape index (κ3) is 1.00. The molecule has 0 radical (unpaired) electrons. The quantitative estimate of drug-likeness (QED) is 0.517. The molecule has 0 N–H and O–H groups in total. The van der Waals surface area contributed by atoms with E-state index < -0.39 is 6.16 Å². The van der Waals surface area contributed by atoms with Crippen molar-refractivity contribution in [2.75, 3.05) is 13.2 Å². The van der Waals surface area contributed by atoms with Crippen LogP contribution >= 0.6 is 0 Å². The fraction of sp³-hybridized carbons (Fsp3) is 0.429. The van der Waals surface area contributed by atoms with Crippen LogP contribution in [0.15, 0.2) is 24.7 Å². The minimum absolute atomic E-state index is 0.299. The standard InChI is InChI=1S/C7H8O4/c1-5-3-8-7(10-5)9-4-6(2)11-7/h1-4H2. The van der Waals surface area contributed by atoms with Crippen LogP contribution in [-0.2, 0) is 18.9 Å². The maximum Gasteiger partial charge on any atom is 0.510 e. The monoisotopic (exact) mass is 156 g/mol. The van der Waals surface area contributed by atoms with Crippen molar-refractivity contribution in [3.63, 3.8) is 0 Å². The first-order chi connectivity index (χ1) is 5.20. The third-order valence-corrected chi connectivity index (χ3v) is 1.36. The predicted octanol–water partition coefficient (Wildman–Crippen LogP) is 0.719. The maximum atomic E-state index is 5.06. The summed E-state index contributed by atoms with van der Waals surface area (Å²) >= 11 is 0. The first kappa shape index (κ1) is 6.69. The molecule has 4 heteroatoms. The lowest BCUT2D eigenvalue weighted by Gasteiger charge is -2.16. The molecule has 11 heavy (non-hydrogen) atoms. The molecule has 60 valence electrons. The number of rotatable bonds is 0. The largest absolute Gasteiger partial charge is 0.510 e. The highest BCUT2D eigenvalue weighted by molar-refractivity contribution is 4.94. The Morgan fingerprint density at radius 1 is 1.00 bits per heavy atom. The van der Waals surface area contributed by atoms with Crippen molar-refractivity contribution >= 4 is 0 Å². The minimum Gasteiger partial charge on any atom is -0.409 e. The molecule has 0 bridgehead atoms. The van der Waals surface area contributed by atoms with E-state index in [1.807, 2.05) is 0 Å². The highest BCUT2D eigenvalue weighted by atomic mass is 17.0. The van der Waals surface area contributed by atoms with Crippen molar-refractivity contribution in [1.29, 1.82) is 0 Å². The van der Waals surface area contributed by atoms with E-state index in [1.54, 1.807) is 0 Å². The summed E-state index contributed by atoms with van der Waals surface area (Å²) in [7, 11) is 0. The summed E-state index contributed by atoms with van der Waals surface area (Å²) in [6.45, 7) is 7.72. The molecular weight excluding hydrogens is 148 g/mol. The van der Waals surface area contributed by atoms with Crippen molar-refractivity contribution in [3.8, 4) is 0 Å². The maximum absolute atomic E-state index is 5.06. The molecule has 2 rings (SSSR count). The van der Waals surface area contributed by atoms with Gasteiger partial charge >= 0.3 is 6.16 Å². The van der Waals surface area contributed by atoms with Crippen LogP contribution in [0.1, 0.15) is 0 Å². The van der Waals surface area contributed by atoms with Gasteiger partial charge in [-0.2, -0.15) is 0 Å². The topological polar surface area (TPSA) is 36.9 Å². The summed E-state index contributed by atoms with van der Waals surface area (Å²) in [5.74, 6) is 0.999. The van der Waals surface area contributed by atoms with Gasteiger partial charge in [-0.1, -0.05) is 13.2 Å². The van der Waals surface area contributed by atoms with E-state index in [4.69, 9.17) is 18.9 Å². The first-order valence-electron chi connectivity index (χ1n) is 3.22. The van der Waals surface area contributed by atoms with Crippen LogP contribution in [0.5, 0.6) is 0 Å². The summed E-state index contributed by atoms with van der Waals surface area (Å²) in [6, 6.07) is 0. The van der Waals surface area contributed by atoms with Crippen LogP contribution in [0.4, 0.5) is 0 Å². The molecule has 0 aromatic heterocycles. The van der Waals surface area contributed by atoms with Crippen LogP contribution in [-0.4, -0.2) is 19.4 Å². The van der Waals surface area contributed by atoms with E-state index in [0.29, 0.717) is 24.7 Å². The van der Waals surface area contributed by atoms with Crippen LogP contribution < -0.4 is 0 Å². The second kappa shape index (κ2) is 1.99. The van der Waals surface area contributed by atoms with Gasteiger partial charge in [0.05, 0.1) is 0 Å². The molecule has 0 aliphatic carbocycles. The Labute approximate surface area is 64.0 Å². The summed E-state index contributed by atoms with van der Waals surface area (Å²) in [4.78, 5) is 0. The molecular formula is C7H8O4. The van der Waals surface area contributed by atoms with Crippen LogP contribution in [0, 0.1) is 0 Å². The van der Waals surface area contributed by atoms with Gasteiger partial charge in [0.1, 0.15) is 24.7 Å². The zero-order chi connectivity index (χ0) is 7.90. The number of hydrogen-bond acceptors (Lipinski definition) is 4. The molecule has 0 unspecified atom stereocenters. The van der Waals surface area contributed by atoms with Gasteiger partial charge in [-0.15, -0.1) is 0 Å². The molecule has 0 amide bonds. The van der Waals surface area contributed by atoms with E-state index in [1.165, 1.54) is 0 Å². The number of ether oxygens (including phenoxy) is 4. The highest BCUT2D eigenvalue weighted by Crippen LogP contribution is 2.34. The predicted molar refractivity (Wildman–Crippen MR) is 35.1 cm³/mol. The van der Waals surface area contributed by atoms with Crippen molar-refractivity contribution in [3.05, 3.63) is 24.7 Å². The fourth-order valence-corrected chi connectivity index (χ4v) is 0.931. The summed E-state index contributed by atoms with van der Waals surface area (Å²) in [5.41, 5.74) is 0. The Kier molecular flexibility index (Phi) is 1.21. The van der Waals surface area contributed by atoms with E-state index in [9.17, 15) is 0 Å². The van der Waals surface area contributed by atoms with Gasteiger partial charge in [-0.3, -0.25) is 9.47 Å². The van der Waals surface area contributed by atoms with E-state index >= 15 is 0 Å². The van der Waals surface area contributed by atoms with Crippen molar-refractivity contribution in [1.82, 2.24) is 0 Å². The van der Waals surface area contributed by atoms with Crippen LogP contribution in [0.25, 0.3) is 0 Å². The van der Waals surface area contributed by atoms with Gasteiger partial charge in [0.2, 0.25) is 0 Å².